The summed E-state index contributed by atoms with van der Waals surface area (Å²) in [6.07, 6.45) is 0.682. The Bertz CT molecular complexity index is 1210. The van der Waals surface area contributed by atoms with E-state index in [-0.39, 0.29) is 29.0 Å². The molecule has 3 aliphatic rings. The molecule has 3 aromatic rings. The predicted octanol–water partition coefficient (Wildman–Crippen LogP) is 4.06. The number of anilines is 1. The van der Waals surface area contributed by atoms with Gasteiger partial charge in [0.2, 0.25) is 0 Å². The summed E-state index contributed by atoms with van der Waals surface area (Å²) >= 11 is 0. The molecule has 2 aromatic heterocycles. The molecule has 2 aliphatic heterocycles. The van der Waals surface area contributed by atoms with Crippen molar-refractivity contribution in [1.82, 2.24) is 24.9 Å². The monoisotopic (exact) mass is 478 g/mol. The Hall–Kier alpha value is -3.57. The van der Waals surface area contributed by atoms with Gasteiger partial charge in [0.1, 0.15) is 5.69 Å². The fourth-order valence-corrected chi connectivity index (χ4v) is 4.83. The highest BCUT2D eigenvalue weighted by Crippen LogP contribution is 2.38. The first kappa shape index (κ1) is 22.2. The minimum Gasteiger partial charge on any atom is -0.363 e. The van der Waals surface area contributed by atoms with Crippen molar-refractivity contribution >= 4 is 11.7 Å². The van der Waals surface area contributed by atoms with E-state index in [9.17, 15) is 26.7 Å². The number of aromatic nitrogens is 4. The Kier molecular flexibility index (Phi) is 5.45. The van der Waals surface area contributed by atoms with Crippen LogP contribution in [-0.2, 0) is 6.18 Å². The molecule has 3 fully saturated rings. The number of alkyl halides is 3. The highest BCUT2D eigenvalue weighted by atomic mass is 19.4. The number of piperidine rings is 2. The van der Waals surface area contributed by atoms with Crippen LogP contribution in [-0.4, -0.2) is 49.4 Å². The first-order valence-corrected chi connectivity index (χ1v) is 10.7. The average Bonchev–Trinajstić information content (AvgIpc) is 3.34. The maximum atomic E-state index is 14.6. The number of halogens is 5. The van der Waals surface area contributed by atoms with E-state index >= 15 is 0 Å². The van der Waals surface area contributed by atoms with Crippen LogP contribution in [0.1, 0.15) is 35.2 Å². The average molecular weight is 478 g/mol. The zero-order chi connectivity index (χ0) is 24.0. The van der Waals surface area contributed by atoms with Gasteiger partial charge >= 0.3 is 6.18 Å². The van der Waals surface area contributed by atoms with Crippen molar-refractivity contribution in [2.45, 2.75) is 37.5 Å². The Labute approximate surface area is 190 Å². The number of benzene rings is 1. The molecule has 2 bridgehead atoms. The van der Waals surface area contributed by atoms with Crippen molar-refractivity contribution in [2.75, 3.05) is 11.9 Å². The van der Waals surface area contributed by atoms with Crippen LogP contribution >= 0.6 is 0 Å². The summed E-state index contributed by atoms with van der Waals surface area (Å²) in [6, 6.07) is 3.73. The lowest BCUT2D eigenvalue weighted by Gasteiger charge is -2.50. The fourth-order valence-electron chi connectivity index (χ4n) is 4.83. The molecule has 12 heteroatoms. The van der Waals surface area contributed by atoms with Gasteiger partial charge < -0.3 is 10.2 Å². The van der Waals surface area contributed by atoms with Gasteiger partial charge in [-0.25, -0.2) is 13.8 Å². The number of nitrogens with one attached hydrogen (secondary N) is 1. The number of fused-ring (bicyclic) bond motifs is 3. The number of nitrogens with zero attached hydrogens (tertiary/aromatic N) is 5. The zero-order valence-corrected chi connectivity index (χ0v) is 17.6. The first-order chi connectivity index (χ1) is 16.2. The molecule has 34 heavy (non-hydrogen) atoms. The molecule has 2 saturated heterocycles. The maximum absolute atomic E-state index is 14.6. The van der Waals surface area contributed by atoms with E-state index in [1.807, 2.05) is 0 Å². The van der Waals surface area contributed by atoms with Crippen LogP contribution in [0.5, 0.6) is 0 Å². The number of carbonyl (C=O) groups is 1. The van der Waals surface area contributed by atoms with Gasteiger partial charge in [-0.15, -0.1) is 4.80 Å². The van der Waals surface area contributed by atoms with Gasteiger partial charge in [-0.3, -0.25) is 4.79 Å². The second kappa shape index (κ2) is 8.33. The summed E-state index contributed by atoms with van der Waals surface area (Å²) in [7, 11) is 0. The maximum Gasteiger partial charge on any atom is 0.417 e. The summed E-state index contributed by atoms with van der Waals surface area (Å²) in [4.78, 5) is 19.8. The van der Waals surface area contributed by atoms with Gasteiger partial charge in [-0.1, -0.05) is 6.07 Å². The van der Waals surface area contributed by atoms with E-state index in [0.29, 0.717) is 31.6 Å². The molecule has 1 saturated carbocycles. The standard InChI is InChI=1S/C22H19F5N6O/c23-15-3-1-2-14(19(15)33-29-6-7-30-33)21(34)32-11-12-4-5-18(32)17(8-12)31-20-16(24)9-13(10-28-20)22(25,26)27/h1-3,6-7,9-10,12,17-18H,4-5,8,11H2,(H,28,31)/t12-,17+,18-/m0/s1. The van der Waals surface area contributed by atoms with Gasteiger partial charge in [-0.05, 0) is 43.4 Å². The lowest BCUT2D eigenvalue weighted by molar-refractivity contribution is -0.138. The molecular weight excluding hydrogens is 459 g/mol. The quantitative estimate of drug-likeness (QED) is 0.573. The molecule has 0 unspecified atom stereocenters. The number of hydrogen-bond donors (Lipinski definition) is 1. The van der Waals surface area contributed by atoms with Crippen LogP contribution in [0.15, 0.2) is 42.9 Å². The number of hydrogen-bond acceptors (Lipinski definition) is 5. The highest BCUT2D eigenvalue weighted by Gasteiger charge is 2.44. The third-order valence-electron chi connectivity index (χ3n) is 6.37. The minimum absolute atomic E-state index is 0.0705. The Balaban J connectivity index is 1.42. The fraction of sp³-hybridized carbons (Fsp3) is 0.364. The Morgan fingerprint density at radius 2 is 1.85 bits per heavy atom. The van der Waals surface area contributed by atoms with E-state index in [4.69, 9.17) is 0 Å². The lowest BCUT2D eigenvalue weighted by Crippen LogP contribution is -2.60. The zero-order valence-electron chi connectivity index (χ0n) is 17.6. The second-order valence-corrected chi connectivity index (χ2v) is 8.46. The molecule has 3 atom stereocenters. The number of pyridine rings is 1. The summed E-state index contributed by atoms with van der Waals surface area (Å²) in [5, 5.41) is 10.8. The summed E-state index contributed by atoms with van der Waals surface area (Å²) in [5.74, 6) is -2.40. The number of amides is 1. The van der Waals surface area contributed by atoms with Crippen LogP contribution < -0.4 is 5.32 Å². The van der Waals surface area contributed by atoms with Crippen LogP contribution in [0.25, 0.3) is 5.69 Å². The third-order valence-corrected chi connectivity index (χ3v) is 6.37. The lowest BCUT2D eigenvalue weighted by atomic mass is 9.76. The smallest absolute Gasteiger partial charge is 0.363 e. The largest absolute Gasteiger partial charge is 0.417 e. The Morgan fingerprint density at radius 1 is 1.09 bits per heavy atom. The molecular formula is C22H19F5N6O. The van der Waals surface area contributed by atoms with Crippen LogP contribution in [0.2, 0.25) is 0 Å². The molecule has 6 rings (SSSR count). The van der Waals surface area contributed by atoms with Gasteiger partial charge in [0.25, 0.3) is 5.91 Å². The Morgan fingerprint density at radius 3 is 2.53 bits per heavy atom. The van der Waals surface area contributed by atoms with Crippen LogP contribution in [0.4, 0.5) is 27.8 Å². The summed E-state index contributed by atoms with van der Waals surface area (Å²) < 4.78 is 67.5. The van der Waals surface area contributed by atoms with E-state index in [0.717, 1.165) is 11.2 Å². The van der Waals surface area contributed by atoms with Gasteiger partial charge in [0.15, 0.2) is 17.5 Å². The molecule has 0 radical (unpaired) electrons. The normalized spacial score (nSPS) is 22.1. The number of para-hydroxylation sites is 1. The molecule has 1 N–H and O–H groups in total. The molecule has 1 amide bonds. The topological polar surface area (TPSA) is 75.9 Å². The van der Waals surface area contributed by atoms with E-state index in [1.54, 1.807) is 4.90 Å². The number of carbonyl (C=O) groups excluding carboxylic acids is 1. The van der Waals surface area contributed by atoms with E-state index < -0.39 is 35.3 Å². The van der Waals surface area contributed by atoms with Gasteiger partial charge in [-0.2, -0.15) is 23.4 Å². The van der Waals surface area contributed by atoms with Gasteiger partial charge in [0.05, 0.1) is 29.6 Å². The van der Waals surface area contributed by atoms with Crippen LogP contribution in [0, 0.1) is 17.6 Å². The number of rotatable bonds is 4. The molecule has 7 nitrogen and oxygen atoms in total. The first-order valence-electron chi connectivity index (χ1n) is 10.7. The molecule has 4 heterocycles. The van der Waals surface area contributed by atoms with Crippen molar-refractivity contribution in [2.24, 2.45) is 5.92 Å². The molecule has 1 aliphatic carbocycles. The minimum atomic E-state index is -4.70. The molecule has 1 aromatic carbocycles. The van der Waals surface area contributed by atoms with Crippen molar-refractivity contribution in [3.8, 4) is 5.69 Å². The predicted molar refractivity (Wildman–Crippen MR) is 110 cm³/mol. The van der Waals surface area contributed by atoms with E-state index in [1.165, 1.54) is 30.6 Å². The third kappa shape index (κ3) is 3.97. The highest BCUT2D eigenvalue weighted by molar-refractivity contribution is 5.98. The SMILES string of the molecule is O=C(c1cccc(F)c1-n1nccn1)N1C[C@H]2CC[C@H]1[C@H](Nc1ncc(C(F)(F)F)cc1F)C2. The summed E-state index contributed by atoms with van der Waals surface area (Å²) in [6.45, 7) is 0.438. The summed E-state index contributed by atoms with van der Waals surface area (Å²) in [5.41, 5.74) is -1.16. The van der Waals surface area contributed by atoms with Crippen molar-refractivity contribution < 1.29 is 26.7 Å². The van der Waals surface area contributed by atoms with Crippen molar-refractivity contribution in [3.05, 3.63) is 65.6 Å². The molecule has 178 valence electrons. The van der Waals surface area contributed by atoms with E-state index in [2.05, 4.69) is 20.5 Å². The van der Waals surface area contributed by atoms with Gasteiger partial charge in [0, 0.05) is 18.8 Å². The van der Waals surface area contributed by atoms with Crippen molar-refractivity contribution in [1.29, 1.82) is 0 Å². The second-order valence-electron chi connectivity index (χ2n) is 8.46. The molecule has 0 spiro atoms. The van der Waals surface area contributed by atoms with Crippen molar-refractivity contribution in [3.63, 3.8) is 0 Å². The van der Waals surface area contributed by atoms with Crippen LogP contribution in [0.3, 0.4) is 0 Å².